The lowest BCUT2D eigenvalue weighted by Gasteiger charge is -2.73. The maximum absolute atomic E-state index is 14.1. The first-order valence-electron chi connectivity index (χ1n) is 23.6. The van der Waals surface area contributed by atoms with Gasteiger partial charge in [0, 0.05) is 30.8 Å². The maximum atomic E-state index is 14.1. The minimum Gasteiger partial charge on any atom is -0.460 e. The Morgan fingerprint density at radius 3 is 2.10 bits per heavy atom. The van der Waals surface area contributed by atoms with E-state index in [9.17, 15) is 19.2 Å². The molecule has 8 rings (SSSR count). The van der Waals surface area contributed by atoms with E-state index in [1.54, 1.807) is 9.80 Å². The molecule has 5 aliphatic carbocycles. The number of hydrogen-bond acceptors (Lipinski definition) is 8. The highest BCUT2D eigenvalue weighted by Crippen LogP contribution is 2.77. The van der Waals surface area contributed by atoms with Gasteiger partial charge in [0.15, 0.2) is 5.69 Å². The molecule has 0 N–H and O–H groups in total. The van der Waals surface area contributed by atoms with Gasteiger partial charge in [0.2, 0.25) is 11.8 Å². The lowest BCUT2D eigenvalue weighted by molar-refractivity contribution is -0.252. The minimum absolute atomic E-state index is 0.0673. The Kier molecular flexibility index (Phi) is 11.0. The summed E-state index contributed by atoms with van der Waals surface area (Å²) in [5.41, 5.74) is 3.95. The van der Waals surface area contributed by atoms with Gasteiger partial charge in [-0.05, 0) is 163 Å². The number of fused-ring (bicyclic) bond motifs is 7. The summed E-state index contributed by atoms with van der Waals surface area (Å²) < 4.78 is 12.9. The second-order valence-corrected chi connectivity index (χ2v) is 22.3. The number of amides is 2. The molecule has 7 aliphatic rings. The molecule has 0 bridgehead atoms. The van der Waals surface area contributed by atoms with Crippen molar-refractivity contribution in [3.05, 3.63) is 34.9 Å². The van der Waals surface area contributed by atoms with E-state index in [0.717, 1.165) is 75.6 Å². The number of nitrogens with zero attached hydrogens (tertiary/aromatic N) is 4. The predicted octanol–water partition coefficient (Wildman–Crippen LogP) is 9.13. The summed E-state index contributed by atoms with van der Waals surface area (Å²) in [6.45, 7) is 28.1. The largest absolute Gasteiger partial charge is 0.460 e. The molecule has 1 aromatic rings. The third-order valence-corrected chi connectivity index (χ3v) is 19.4. The number of rotatable bonds is 7. The van der Waals surface area contributed by atoms with E-state index in [2.05, 4.69) is 58.1 Å². The summed E-state index contributed by atoms with van der Waals surface area (Å²) >= 11 is 0. The number of carbonyl (C=O) groups excluding carboxylic acids is 4. The number of hydrogen-bond donors (Lipinski definition) is 0. The van der Waals surface area contributed by atoms with Gasteiger partial charge in [-0.25, -0.2) is 14.6 Å². The van der Waals surface area contributed by atoms with Gasteiger partial charge in [0.1, 0.15) is 18.2 Å². The van der Waals surface area contributed by atoms with Crippen LogP contribution in [0.5, 0.6) is 0 Å². The van der Waals surface area contributed by atoms with Gasteiger partial charge in [-0.2, -0.15) is 0 Å². The molecule has 5 saturated carbocycles. The van der Waals surface area contributed by atoms with E-state index in [1.807, 2.05) is 20.8 Å². The lowest BCUT2D eigenvalue weighted by atomic mass is 9.32. The van der Waals surface area contributed by atoms with Crippen molar-refractivity contribution < 1.29 is 28.7 Å². The maximum Gasteiger partial charge on any atom is 0.358 e. The minimum atomic E-state index is -0.578. The molecular formula is C50H74N4O6. The van der Waals surface area contributed by atoms with Gasteiger partial charge in [-0.1, -0.05) is 46.8 Å². The number of aryl methyl sites for hydroxylation is 3. The normalized spacial score (nSPS) is 40.5. The van der Waals surface area contributed by atoms with Crippen LogP contribution in [0.1, 0.15) is 166 Å². The van der Waals surface area contributed by atoms with Crippen LogP contribution >= 0.6 is 0 Å². The van der Waals surface area contributed by atoms with E-state index in [1.165, 1.54) is 25.3 Å². The van der Waals surface area contributed by atoms with Gasteiger partial charge >= 0.3 is 11.9 Å². The molecule has 1 aromatic heterocycles. The van der Waals surface area contributed by atoms with Crippen molar-refractivity contribution in [1.29, 1.82) is 0 Å². The molecule has 0 radical (unpaired) electrons. The van der Waals surface area contributed by atoms with Gasteiger partial charge in [-0.15, -0.1) is 0 Å². The quantitative estimate of drug-likeness (QED) is 0.197. The highest BCUT2D eigenvalue weighted by atomic mass is 16.5. The van der Waals surface area contributed by atoms with Crippen LogP contribution in [-0.2, 0) is 23.9 Å². The van der Waals surface area contributed by atoms with E-state index in [4.69, 9.17) is 9.47 Å². The molecular weight excluding hydrogens is 753 g/mol. The molecule has 0 unspecified atom stereocenters. The Morgan fingerprint density at radius 2 is 1.40 bits per heavy atom. The smallest absolute Gasteiger partial charge is 0.358 e. The van der Waals surface area contributed by atoms with Crippen molar-refractivity contribution in [2.24, 2.45) is 56.7 Å². The number of esters is 2. The fourth-order valence-corrected chi connectivity index (χ4v) is 16.0. The highest BCUT2D eigenvalue weighted by molar-refractivity contribution is 5.91. The van der Waals surface area contributed by atoms with Crippen molar-refractivity contribution in [1.82, 2.24) is 19.8 Å². The van der Waals surface area contributed by atoms with Crippen LogP contribution < -0.4 is 0 Å². The molecule has 60 heavy (non-hydrogen) atoms. The SMILES string of the molecule is C=C(C)[C@@H]1CC[C@]2(COC(=O)c3nc(C)c(C)nc3C)CC[C@]3(C)[C@H](CC[C@@H]4[C@@]5(C)CC[C@H](OC(=O)[C@@H]6CCCN6C(=O)[C@@H]6CCCN6C(C)=O)C(C)(C)[C@@H]5CC[C@]43C)[C@@H]12. The Labute approximate surface area is 359 Å². The molecule has 10 nitrogen and oxygen atoms in total. The number of aromatic nitrogens is 2. The molecule has 3 heterocycles. The summed E-state index contributed by atoms with van der Waals surface area (Å²) in [6.07, 6.45) is 13.5. The second kappa shape index (κ2) is 15.2. The van der Waals surface area contributed by atoms with Crippen LogP contribution in [0.25, 0.3) is 0 Å². The fourth-order valence-electron chi connectivity index (χ4n) is 16.0. The van der Waals surface area contributed by atoms with Crippen molar-refractivity contribution in [3.8, 4) is 0 Å². The second-order valence-electron chi connectivity index (χ2n) is 22.3. The Balaban J connectivity index is 0.992. The zero-order valence-electron chi connectivity index (χ0n) is 38.6. The Morgan fingerprint density at radius 1 is 0.717 bits per heavy atom. The van der Waals surface area contributed by atoms with E-state index >= 15 is 0 Å². The number of ether oxygens (including phenoxy) is 2. The van der Waals surface area contributed by atoms with Crippen molar-refractivity contribution >= 4 is 23.8 Å². The fraction of sp³-hybridized carbons (Fsp3) is 0.800. The zero-order valence-corrected chi connectivity index (χ0v) is 38.6. The average Bonchev–Trinajstić information content (AvgIpc) is 3.96. The molecule has 330 valence electrons. The van der Waals surface area contributed by atoms with Crippen LogP contribution in [0.2, 0.25) is 0 Å². The summed E-state index contributed by atoms with van der Waals surface area (Å²) in [5, 5.41) is 0. The number of carbonyl (C=O) groups is 4. The number of likely N-dealkylation sites (tertiary alicyclic amines) is 2. The molecule has 12 atom stereocenters. The first kappa shape index (κ1) is 43.4. The molecule has 0 spiro atoms. The van der Waals surface area contributed by atoms with Crippen molar-refractivity contribution in [2.45, 2.75) is 177 Å². The van der Waals surface area contributed by atoms with Crippen LogP contribution in [-0.4, -0.2) is 81.4 Å². The van der Waals surface area contributed by atoms with Crippen molar-refractivity contribution in [3.63, 3.8) is 0 Å². The summed E-state index contributed by atoms with van der Waals surface area (Å²) in [4.78, 5) is 66.5. The third-order valence-electron chi connectivity index (χ3n) is 19.4. The van der Waals surface area contributed by atoms with Crippen LogP contribution in [0.15, 0.2) is 12.2 Å². The standard InChI is InChI=1S/C50H74N4O6/c1-29(2)34-18-23-50(28-59-45(58)42-32(5)51-30(3)31(4)52-42)25-24-48(10)35(41(34)50)16-17-39-47(9)21-20-40(46(7,8)38(47)19-22-49(39,48)11)60-44(57)37-15-13-27-54(37)43(56)36-14-12-26-53(36)33(6)55/h34-41H,1,12-28H2,2-11H3/t34-,35+,36-,37-,38-,39+,40-,41+,47-,48+,49+,50+/m0/s1. The molecule has 2 aliphatic heterocycles. The molecule has 0 aromatic carbocycles. The van der Waals surface area contributed by atoms with E-state index in [0.29, 0.717) is 73.5 Å². The third kappa shape index (κ3) is 6.51. The molecule has 10 heteroatoms. The molecule has 2 saturated heterocycles. The summed E-state index contributed by atoms with van der Waals surface area (Å²) in [5.74, 6) is 1.54. The van der Waals surface area contributed by atoms with Gasteiger partial charge in [0.25, 0.3) is 0 Å². The van der Waals surface area contributed by atoms with Gasteiger partial charge in [-0.3, -0.25) is 14.6 Å². The monoisotopic (exact) mass is 827 g/mol. The van der Waals surface area contributed by atoms with Crippen LogP contribution in [0.4, 0.5) is 0 Å². The van der Waals surface area contributed by atoms with Crippen molar-refractivity contribution in [2.75, 3.05) is 19.7 Å². The van der Waals surface area contributed by atoms with Crippen LogP contribution in [0.3, 0.4) is 0 Å². The van der Waals surface area contributed by atoms with E-state index < -0.39 is 12.1 Å². The molecule has 2 amide bonds. The summed E-state index contributed by atoms with van der Waals surface area (Å²) in [7, 11) is 0. The first-order valence-corrected chi connectivity index (χ1v) is 23.6. The van der Waals surface area contributed by atoms with Gasteiger partial charge < -0.3 is 19.3 Å². The summed E-state index contributed by atoms with van der Waals surface area (Å²) in [6, 6.07) is -1.05. The zero-order chi connectivity index (χ0) is 43.3. The highest BCUT2D eigenvalue weighted by Gasteiger charge is 2.71. The Bertz CT molecular complexity index is 1950. The topological polar surface area (TPSA) is 119 Å². The molecule has 7 fully saturated rings. The van der Waals surface area contributed by atoms with E-state index in [-0.39, 0.29) is 56.9 Å². The Hall–Kier alpha value is -3.30. The lowest BCUT2D eigenvalue weighted by Crippen LogP contribution is -2.67. The van der Waals surface area contributed by atoms with Gasteiger partial charge in [0.05, 0.1) is 23.7 Å². The number of allylic oxidation sites excluding steroid dienone is 1. The average molecular weight is 827 g/mol. The predicted molar refractivity (Wildman–Crippen MR) is 231 cm³/mol. The first-order chi connectivity index (χ1) is 28.2. The van der Waals surface area contributed by atoms with Crippen LogP contribution in [0, 0.1) is 77.4 Å².